The first-order valence-corrected chi connectivity index (χ1v) is 7.70. The van der Waals surface area contributed by atoms with E-state index in [9.17, 15) is 4.39 Å². The van der Waals surface area contributed by atoms with Crippen molar-refractivity contribution in [3.05, 3.63) is 29.6 Å². The summed E-state index contributed by atoms with van der Waals surface area (Å²) < 4.78 is 19.3. The Morgan fingerprint density at radius 1 is 1.16 bits per heavy atom. The lowest BCUT2D eigenvalue weighted by atomic mass is 9.90. The Balaban J connectivity index is 1.89. The second-order valence-electron chi connectivity index (χ2n) is 5.71. The highest BCUT2D eigenvalue weighted by Crippen LogP contribution is 2.25. The molecule has 19 heavy (non-hydrogen) atoms. The van der Waals surface area contributed by atoms with Gasteiger partial charge in [-0.25, -0.2) is 4.39 Å². The number of hydrogen-bond acceptors (Lipinski definition) is 1. The molecule has 0 heterocycles. The highest BCUT2D eigenvalue weighted by molar-refractivity contribution is 5.29. The third kappa shape index (κ3) is 4.85. The van der Waals surface area contributed by atoms with E-state index in [0.717, 1.165) is 31.4 Å². The van der Waals surface area contributed by atoms with Crippen LogP contribution >= 0.6 is 0 Å². The maximum absolute atomic E-state index is 13.5. The molecule has 1 aromatic carbocycles. The van der Waals surface area contributed by atoms with Crippen molar-refractivity contribution in [1.29, 1.82) is 0 Å². The van der Waals surface area contributed by atoms with Gasteiger partial charge in [-0.05, 0) is 49.3 Å². The molecule has 1 aliphatic carbocycles. The number of halogens is 1. The highest BCUT2D eigenvalue weighted by Gasteiger charge is 2.14. The summed E-state index contributed by atoms with van der Waals surface area (Å²) in [5.41, 5.74) is 1.06. The number of benzene rings is 1. The number of aryl methyl sites for hydroxylation is 1. The Bertz CT molecular complexity index is 383. The lowest BCUT2D eigenvalue weighted by Crippen LogP contribution is -2.15. The standard InChI is InChI=1S/C17H25FO/c1-2-3-7-15-10-16(18)12-17(11-15)19-13-14-8-5-4-6-9-14/h10-12,14H,2-9,13H2,1H3. The van der Waals surface area contributed by atoms with E-state index < -0.39 is 0 Å². The van der Waals surface area contributed by atoms with Crippen LogP contribution in [-0.2, 0) is 6.42 Å². The second kappa shape index (κ2) is 7.52. The minimum Gasteiger partial charge on any atom is -0.493 e. The predicted molar refractivity (Wildman–Crippen MR) is 77.1 cm³/mol. The molecule has 0 spiro atoms. The zero-order valence-corrected chi connectivity index (χ0v) is 12.0. The first-order valence-electron chi connectivity index (χ1n) is 7.70. The normalized spacial score (nSPS) is 16.5. The van der Waals surface area contributed by atoms with E-state index in [1.807, 2.05) is 6.07 Å². The summed E-state index contributed by atoms with van der Waals surface area (Å²) >= 11 is 0. The zero-order valence-electron chi connectivity index (χ0n) is 12.0. The van der Waals surface area contributed by atoms with Crippen LogP contribution in [0.1, 0.15) is 57.4 Å². The van der Waals surface area contributed by atoms with Crippen molar-refractivity contribution in [3.8, 4) is 5.75 Å². The van der Waals surface area contributed by atoms with Gasteiger partial charge in [-0.3, -0.25) is 0 Å². The smallest absolute Gasteiger partial charge is 0.127 e. The number of unbranched alkanes of at least 4 members (excludes halogenated alkanes) is 1. The average Bonchev–Trinajstić information content (AvgIpc) is 2.43. The van der Waals surface area contributed by atoms with Crippen LogP contribution in [0.15, 0.2) is 18.2 Å². The van der Waals surface area contributed by atoms with Gasteiger partial charge in [0.05, 0.1) is 6.61 Å². The minimum absolute atomic E-state index is 0.174. The van der Waals surface area contributed by atoms with Crippen molar-refractivity contribution in [2.45, 2.75) is 58.3 Å². The van der Waals surface area contributed by atoms with Crippen molar-refractivity contribution in [2.75, 3.05) is 6.61 Å². The van der Waals surface area contributed by atoms with E-state index in [0.29, 0.717) is 11.7 Å². The Hall–Kier alpha value is -1.05. The van der Waals surface area contributed by atoms with Gasteiger partial charge in [0, 0.05) is 6.07 Å². The maximum Gasteiger partial charge on any atom is 0.127 e. The molecular formula is C17H25FO. The molecule has 0 atom stereocenters. The van der Waals surface area contributed by atoms with Gasteiger partial charge in [0.25, 0.3) is 0 Å². The van der Waals surface area contributed by atoms with Crippen molar-refractivity contribution < 1.29 is 9.13 Å². The average molecular weight is 264 g/mol. The Labute approximate surface area is 116 Å². The first-order chi connectivity index (χ1) is 9.28. The van der Waals surface area contributed by atoms with Crippen LogP contribution in [0.25, 0.3) is 0 Å². The SMILES string of the molecule is CCCCc1cc(F)cc(OCC2CCCCC2)c1. The summed E-state index contributed by atoms with van der Waals surface area (Å²) in [6.07, 6.45) is 9.69. The monoisotopic (exact) mass is 264 g/mol. The molecule has 0 bridgehead atoms. The molecule has 0 amide bonds. The van der Waals surface area contributed by atoms with E-state index in [4.69, 9.17) is 4.74 Å². The van der Waals surface area contributed by atoms with E-state index >= 15 is 0 Å². The zero-order chi connectivity index (χ0) is 13.5. The molecule has 0 N–H and O–H groups in total. The van der Waals surface area contributed by atoms with Crippen molar-refractivity contribution in [2.24, 2.45) is 5.92 Å². The van der Waals surface area contributed by atoms with Crippen molar-refractivity contribution in [3.63, 3.8) is 0 Å². The van der Waals surface area contributed by atoms with E-state index in [2.05, 4.69) is 6.92 Å². The molecule has 1 aromatic rings. The van der Waals surface area contributed by atoms with E-state index in [1.165, 1.54) is 38.2 Å². The van der Waals surface area contributed by atoms with Crippen LogP contribution < -0.4 is 4.74 Å². The maximum atomic E-state index is 13.5. The van der Waals surface area contributed by atoms with Gasteiger partial charge in [-0.2, -0.15) is 0 Å². The largest absolute Gasteiger partial charge is 0.493 e. The quantitative estimate of drug-likeness (QED) is 0.692. The Morgan fingerprint density at radius 3 is 2.68 bits per heavy atom. The van der Waals surface area contributed by atoms with Gasteiger partial charge < -0.3 is 4.74 Å². The lowest BCUT2D eigenvalue weighted by Gasteiger charge is -2.21. The van der Waals surface area contributed by atoms with Gasteiger partial charge in [0.15, 0.2) is 0 Å². The molecule has 0 radical (unpaired) electrons. The summed E-state index contributed by atoms with van der Waals surface area (Å²) in [4.78, 5) is 0. The van der Waals surface area contributed by atoms with Crippen LogP contribution in [0.4, 0.5) is 4.39 Å². The number of rotatable bonds is 6. The minimum atomic E-state index is -0.174. The molecule has 1 nitrogen and oxygen atoms in total. The molecule has 0 aliphatic heterocycles. The third-order valence-electron chi connectivity index (χ3n) is 3.96. The van der Waals surface area contributed by atoms with Gasteiger partial charge in [0.1, 0.15) is 11.6 Å². The number of ether oxygens (including phenoxy) is 1. The van der Waals surface area contributed by atoms with Gasteiger partial charge in [0.2, 0.25) is 0 Å². The molecule has 2 rings (SSSR count). The van der Waals surface area contributed by atoms with E-state index in [-0.39, 0.29) is 5.82 Å². The number of hydrogen-bond donors (Lipinski definition) is 0. The van der Waals surface area contributed by atoms with Gasteiger partial charge >= 0.3 is 0 Å². The molecule has 1 aliphatic rings. The summed E-state index contributed by atoms with van der Waals surface area (Å²) in [5.74, 6) is 1.19. The van der Waals surface area contributed by atoms with Crippen molar-refractivity contribution >= 4 is 0 Å². The summed E-state index contributed by atoms with van der Waals surface area (Å²) in [6.45, 7) is 2.90. The molecule has 0 aromatic heterocycles. The van der Waals surface area contributed by atoms with Crippen LogP contribution in [0.3, 0.4) is 0 Å². The van der Waals surface area contributed by atoms with Crippen LogP contribution in [-0.4, -0.2) is 6.61 Å². The molecule has 2 heteroatoms. The van der Waals surface area contributed by atoms with Crippen LogP contribution in [0.2, 0.25) is 0 Å². The van der Waals surface area contributed by atoms with Gasteiger partial charge in [-0.1, -0.05) is 32.6 Å². The van der Waals surface area contributed by atoms with Crippen LogP contribution in [0, 0.1) is 11.7 Å². The second-order valence-corrected chi connectivity index (χ2v) is 5.71. The summed E-state index contributed by atoms with van der Waals surface area (Å²) in [7, 11) is 0. The molecule has 1 fully saturated rings. The highest BCUT2D eigenvalue weighted by atomic mass is 19.1. The molecule has 1 saturated carbocycles. The topological polar surface area (TPSA) is 9.23 Å². The van der Waals surface area contributed by atoms with E-state index in [1.54, 1.807) is 6.07 Å². The first kappa shape index (κ1) is 14.4. The molecule has 106 valence electrons. The lowest BCUT2D eigenvalue weighted by molar-refractivity contribution is 0.208. The Kier molecular flexibility index (Phi) is 5.68. The summed E-state index contributed by atoms with van der Waals surface area (Å²) in [6, 6.07) is 5.14. The fourth-order valence-electron chi connectivity index (χ4n) is 2.80. The van der Waals surface area contributed by atoms with Crippen LogP contribution in [0.5, 0.6) is 5.75 Å². The molecular weight excluding hydrogens is 239 g/mol. The Morgan fingerprint density at radius 2 is 1.95 bits per heavy atom. The molecule has 0 unspecified atom stereocenters. The molecule has 0 saturated heterocycles. The fourth-order valence-corrected chi connectivity index (χ4v) is 2.80. The fraction of sp³-hybridized carbons (Fsp3) is 0.647. The third-order valence-corrected chi connectivity index (χ3v) is 3.96. The van der Waals surface area contributed by atoms with Crippen molar-refractivity contribution in [1.82, 2.24) is 0 Å². The predicted octanol–water partition coefficient (Wildman–Crippen LogP) is 5.13. The van der Waals surface area contributed by atoms with Gasteiger partial charge in [-0.15, -0.1) is 0 Å². The summed E-state index contributed by atoms with van der Waals surface area (Å²) in [5, 5.41) is 0.